The van der Waals surface area contributed by atoms with Gasteiger partial charge >= 0.3 is 6.18 Å². The molecule has 0 spiro atoms. The van der Waals surface area contributed by atoms with Crippen molar-refractivity contribution in [3.05, 3.63) is 41.5 Å². The van der Waals surface area contributed by atoms with E-state index in [0.717, 1.165) is 24.3 Å². The second-order valence-corrected chi connectivity index (χ2v) is 6.85. The summed E-state index contributed by atoms with van der Waals surface area (Å²) >= 11 is 0. The van der Waals surface area contributed by atoms with E-state index < -0.39 is 29.3 Å². The van der Waals surface area contributed by atoms with Gasteiger partial charge in [0.2, 0.25) is 5.91 Å². The summed E-state index contributed by atoms with van der Waals surface area (Å²) < 4.78 is 54.6. The first-order valence-electron chi connectivity index (χ1n) is 8.99. The molecule has 0 aliphatic carbocycles. The molecule has 1 aromatic heterocycles. The van der Waals surface area contributed by atoms with Crippen LogP contribution in [0.25, 0.3) is 5.69 Å². The van der Waals surface area contributed by atoms with Crippen molar-refractivity contribution in [3.8, 4) is 5.69 Å². The molecule has 29 heavy (non-hydrogen) atoms. The Kier molecular flexibility index (Phi) is 5.85. The number of alkyl halides is 3. The molecule has 0 radical (unpaired) electrons. The highest BCUT2D eigenvalue weighted by molar-refractivity contribution is 5.93. The molecular formula is C18H19F4N5O2. The van der Waals surface area contributed by atoms with Gasteiger partial charge in [0, 0.05) is 26.6 Å². The Morgan fingerprint density at radius 2 is 1.79 bits per heavy atom. The van der Waals surface area contributed by atoms with E-state index in [1.807, 2.05) is 0 Å². The Morgan fingerprint density at radius 3 is 2.34 bits per heavy atom. The maximum Gasteiger partial charge on any atom is 0.435 e. The van der Waals surface area contributed by atoms with E-state index in [4.69, 9.17) is 0 Å². The minimum atomic E-state index is -4.88. The fraction of sp³-hybridized carbons (Fsp3) is 0.444. The molecule has 0 atom stereocenters. The predicted molar refractivity (Wildman–Crippen MR) is 93.6 cm³/mol. The molecule has 1 fully saturated rings. The molecule has 0 saturated carbocycles. The fourth-order valence-corrected chi connectivity index (χ4v) is 3.22. The predicted octanol–water partition coefficient (Wildman–Crippen LogP) is 2.41. The highest BCUT2D eigenvalue weighted by Crippen LogP contribution is 2.33. The SMILES string of the molecule is CC(=O)NCC1CCN(C(=O)c2nnn(-c3ccc(F)cc3)c2C(F)(F)F)CC1. The third kappa shape index (κ3) is 4.72. The highest BCUT2D eigenvalue weighted by Gasteiger charge is 2.43. The van der Waals surface area contributed by atoms with E-state index in [9.17, 15) is 27.2 Å². The van der Waals surface area contributed by atoms with Crippen LogP contribution >= 0.6 is 0 Å². The number of piperidine rings is 1. The summed E-state index contributed by atoms with van der Waals surface area (Å²) in [6.07, 6.45) is -3.77. The van der Waals surface area contributed by atoms with Gasteiger partial charge in [0.1, 0.15) is 5.82 Å². The quantitative estimate of drug-likeness (QED) is 0.781. The third-order valence-electron chi connectivity index (χ3n) is 4.75. The van der Waals surface area contributed by atoms with Crippen LogP contribution in [0, 0.1) is 11.7 Å². The summed E-state index contributed by atoms with van der Waals surface area (Å²) in [7, 11) is 0. The topological polar surface area (TPSA) is 80.1 Å². The normalized spacial score (nSPS) is 15.4. The van der Waals surface area contributed by atoms with Crippen LogP contribution in [0.2, 0.25) is 0 Å². The van der Waals surface area contributed by atoms with Gasteiger partial charge in [-0.3, -0.25) is 9.59 Å². The Bertz CT molecular complexity index is 887. The summed E-state index contributed by atoms with van der Waals surface area (Å²) in [4.78, 5) is 25.0. The molecule has 1 saturated heterocycles. The van der Waals surface area contributed by atoms with Crippen LogP contribution in [0.1, 0.15) is 35.9 Å². The number of benzene rings is 1. The molecule has 2 heterocycles. The third-order valence-corrected chi connectivity index (χ3v) is 4.75. The first-order chi connectivity index (χ1) is 13.7. The zero-order valence-corrected chi connectivity index (χ0v) is 15.5. The van der Waals surface area contributed by atoms with Crippen molar-refractivity contribution in [1.82, 2.24) is 25.2 Å². The van der Waals surface area contributed by atoms with Gasteiger partial charge in [-0.05, 0) is 43.0 Å². The van der Waals surface area contributed by atoms with E-state index in [2.05, 4.69) is 15.6 Å². The molecule has 1 aliphatic heterocycles. The van der Waals surface area contributed by atoms with Gasteiger partial charge in [-0.15, -0.1) is 5.10 Å². The van der Waals surface area contributed by atoms with Crippen molar-refractivity contribution in [2.45, 2.75) is 25.9 Å². The Morgan fingerprint density at radius 1 is 1.17 bits per heavy atom. The average molecular weight is 413 g/mol. The van der Waals surface area contributed by atoms with Gasteiger partial charge in [-0.1, -0.05) is 5.21 Å². The monoisotopic (exact) mass is 413 g/mol. The van der Waals surface area contributed by atoms with Crippen LogP contribution in [0.3, 0.4) is 0 Å². The van der Waals surface area contributed by atoms with Crippen molar-refractivity contribution >= 4 is 11.8 Å². The van der Waals surface area contributed by atoms with Crippen LogP contribution in [0.15, 0.2) is 24.3 Å². The number of carbonyl (C=O) groups excluding carboxylic acids is 2. The lowest BCUT2D eigenvalue weighted by molar-refractivity contribution is -0.143. The largest absolute Gasteiger partial charge is 0.435 e. The molecule has 2 amide bonds. The van der Waals surface area contributed by atoms with Crippen molar-refractivity contribution < 1.29 is 27.2 Å². The maximum atomic E-state index is 13.7. The van der Waals surface area contributed by atoms with E-state index in [-0.39, 0.29) is 30.6 Å². The van der Waals surface area contributed by atoms with Crippen LogP contribution < -0.4 is 5.32 Å². The summed E-state index contributed by atoms with van der Waals surface area (Å²) in [5.74, 6) is -1.47. The second kappa shape index (κ2) is 8.18. The fourth-order valence-electron chi connectivity index (χ4n) is 3.22. The molecule has 3 rings (SSSR count). The van der Waals surface area contributed by atoms with Gasteiger partial charge in [0.25, 0.3) is 5.91 Å². The average Bonchev–Trinajstić information content (AvgIpc) is 3.12. The summed E-state index contributed by atoms with van der Waals surface area (Å²) in [6.45, 7) is 2.38. The van der Waals surface area contributed by atoms with Crippen molar-refractivity contribution in [2.24, 2.45) is 5.92 Å². The second-order valence-electron chi connectivity index (χ2n) is 6.85. The van der Waals surface area contributed by atoms with Gasteiger partial charge in [0.15, 0.2) is 11.4 Å². The minimum Gasteiger partial charge on any atom is -0.356 e. The standard InChI is InChI=1S/C18H19F4N5O2/c1-11(28)23-10-12-6-8-26(9-7-12)17(29)15-16(18(20,21)22)27(25-24-15)14-4-2-13(19)3-5-14/h2-5,12H,6-10H2,1H3,(H,23,28). The van der Waals surface area contributed by atoms with Crippen LogP contribution in [0.5, 0.6) is 0 Å². The molecule has 0 unspecified atom stereocenters. The summed E-state index contributed by atoms with van der Waals surface area (Å²) in [5.41, 5.74) is -2.14. The lowest BCUT2D eigenvalue weighted by Gasteiger charge is -2.31. The number of carbonyl (C=O) groups is 2. The van der Waals surface area contributed by atoms with E-state index in [1.165, 1.54) is 11.8 Å². The number of aromatic nitrogens is 3. The summed E-state index contributed by atoms with van der Waals surface area (Å²) in [5, 5.41) is 9.68. The molecule has 7 nitrogen and oxygen atoms in total. The summed E-state index contributed by atoms with van der Waals surface area (Å²) in [6, 6.07) is 4.25. The number of likely N-dealkylation sites (tertiary alicyclic amines) is 1. The molecule has 1 N–H and O–H groups in total. The number of nitrogens with zero attached hydrogens (tertiary/aromatic N) is 4. The van der Waals surface area contributed by atoms with Gasteiger partial charge in [-0.25, -0.2) is 9.07 Å². The van der Waals surface area contributed by atoms with E-state index >= 15 is 0 Å². The maximum absolute atomic E-state index is 13.7. The Hall–Kier alpha value is -2.98. The minimum absolute atomic E-state index is 0.0562. The number of halogens is 4. The number of hydrogen-bond acceptors (Lipinski definition) is 4. The first-order valence-corrected chi connectivity index (χ1v) is 8.99. The molecule has 0 bridgehead atoms. The lowest BCUT2D eigenvalue weighted by atomic mass is 9.96. The zero-order chi connectivity index (χ0) is 21.2. The van der Waals surface area contributed by atoms with Crippen molar-refractivity contribution in [2.75, 3.05) is 19.6 Å². The Balaban J connectivity index is 1.81. The van der Waals surface area contributed by atoms with Gasteiger partial charge < -0.3 is 10.2 Å². The van der Waals surface area contributed by atoms with Gasteiger partial charge in [-0.2, -0.15) is 13.2 Å². The van der Waals surface area contributed by atoms with Gasteiger partial charge in [0.05, 0.1) is 5.69 Å². The molecule has 1 aromatic carbocycles. The van der Waals surface area contributed by atoms with Crippen LogP contribution in [0.4, 0.5) is 17.6 Å². The molecule has 1 aliphatic rings. The van der Waals surface area contributed by atoms with Crippen molar-refractivity contribution in [1.29, 1.82) is 0 Å². The number of hydrogen-bond donors (Lipinski definition) is 1. The van der Waals surface area contributed by atoms with E-state index in [1.54, 1.807) is 0 Å². The zero-order valence-electron chi connectivity index (χ0n) is 15.5. The van der Waals surface area contributed by atoms with Crippen LogP contribution in [-0.4, -0.2) is 51.3 Å². The number of amides is 2. The van der Waals surface area contributed by atoms with E-state index in [0.29, 0.717) is 24.1 Å². The molecular weight excluding hydrogens is 394 g/mol. The number of rotatable bonds is 4. The molecule has 156 valence electrons. The lowest BCUT2D eigenvalue weighted by Crippen LogP contribution is -2.42. The van der Waals surface area contributed by atoms with Crippen LogP contribution in [-0.2, 0) is 11.0 Å². The first kappa shape index (κ1) is 20.7. The molecule has 11 heteroatoms. The smallest absolute Gasteiger partial charge is 0.356 e. The van der Waals surface area contributed by atoms with Crippen molar-refractivity contribution in [3.63, 3.8) is 0 Å². The highest BCUT2D eigenvalue weighted by atomic mass is 19.4. The molecule has 2 aromatic rings. The number of nitrogens with one attached hydrogen (secondary N) is 1. The Labute approximate surface area is 163 Å².